The lowest BCUT2D eigenvalue weighted by atomic mass is 10.3. The predicted molar refractivity (Wildman–Crippen MR) is 57.0 cm³/mol. The van der Waals surface area contributed by atoms with Gasteiger partial charge in [-0.25, -0.2) is 5.14 Å². The average Bonchev–Trinajstić information content (AvgIpc) is 2.80. The van der Waals surface area contributed by atoms with Crippen LogP contribution < -0.4 is 5.14 Å². The van der Waals surface area contributed by atoms with E-state index in [0.29, 0.717) is 13.1 Å². The van der Waals surface area contributed by atoms with Crippen molar-refractivity contribution in [3.05, 3.63) is 11.9 Å². The third-order valence-electron chi connectivity index (χ3n) is 2.52. The van der Waals surface area contributed by atoms with Crippen molar-refractivity contribution in [2.45, 2.75) is 0 Å². The topological polar surface area (TPSA) is 125 Å². The number of aromatic amines is 1. The first-order valence-electron chi connectivity index (χ1n) is 4.91. The van der Waals surface area contributed by atoms with Crippen LogP contribution in [0, 0.1) is 0 Å². The van der Waals surface area contributed by atoms with Gasteiger partial charge >= 0.3 is 0 Å². The van der Waals surface area contributed by atoms with Crippen molar-refractivity contribution in [3.63, 3.8) is 0 Å². The van der Waals surface area contributed by atoms with Crippen molar-refractivity contribution in [1.82, 2.24) is 24.6 Å². The second-order valence-electron chi connectivity index (χ2n) is 3.59. The van der Waals surface area contributed by atoms with E-state index in [1.165, 1.54) is 11.1 Å². The van der Waals surface area contributed by atoms with Crippen LogP contribution in [0.4, 0.5) is 0 Å². The molecular formula is C7H12N6O3S. The first-order valence-corrected chi connectivity index (χ1v) is 6.42. The van der Waals surface area contributed by atoms with Crippen LogP contribution in [0.15, 0.2) is 6.20 Å². The molecule has 94 valence electrons. The maximum absolute atomic E-state index is 11.8. The van der Waals surface area contributed by atoms with Crippen molar-refractivity contribution in [3.8, 4) is 0 Å². The largest absolute Gasteiger partial charge is 0.335 e. The van der Waals surface area contributed by atoms with Gasteiger partial charge in [0.05, 0.1) is 6.20 Å². The number of nitrogens with two attached hydrogens (primary N) is 1. The quantitative estimate of drug-likeness (QED) is 0.622. The normalized spacial score (nSPS) is 18.3. The lowest BCUT2D eigenvalue weighted by molar-refractivity contribution is 0.0692. The lowest BCUT2D eigenvalue weighted by Gasteiger charge is -2.32. The zero-order valence-electron chi connectivity index (χ0n) is 8.90. The molecule has 1 aromatic rings. The number of aromatic nitrogens is 3. The van der Waals surface area contributed by atoms with Crippen LogP contribution in [0.5, 0.6) is 0 Å². The molecule has 0 aliphatic carbocycles. The molecule has 1 aromatic heterocycles. The van der Waals surface area contributed by atoms with Crippen LogP contribution in [0.2, 0.25) is 0 Å². The molecule has 0 spiro atoms. The SMILES string of the molecule is NS(=O)(=O)N1CCN(C(=O)c2cn[nH]n2)CC1. The second kappa shape index (κ2) is 4.39. The summed E-state index contributed by atoms with van der Waals surface area (Å²) < 4.78 is 23.3. The molecule has 9 nitrogen and oxygen atoms in total. The zero-order valence-corrected chi connectivity index (χ0v) is 9.72. The number of rotatable bonds is 2. The number of nitrogens with one attached hydrogen (secondary N) is 1. The highest BCUT2D eigenvalue weighted by Gasteiger charge is 2.27. The zero-order chi connectivity index (χ0) is 12.5. The molecule has 0 unspecified atom stereocenters. The summed E-state index contributed by atoms with van der Waals surface area (Å²) in [7, 11) is -3.67. The minimum Gasteiger partial charge on any atom is -0.335 e. The van der Waals surface area contributed by atoms with Gasteiger partial charge in [-0.15, -0.1) is 0 Å². The van der Waals surface area contributed by atoms with Gasteiger partial charge < -0.3 is 4.90 Å². The van der Waals surface area contributed by atoms with E-state index in [1.54, 1.807) is 0 Å². The van der Waals surface area contributed by atoms with Crippen LogP contribution >= 0.6 is 0 Å². The number of piperazine rings is 1. The van der Waals surface area contributed by atoms with E-state index >= 15 is 0 Å². The van der Waals surface area contributed by atoms with Crippen LogP contribution in [-0.4, -0.2) is 65.1 Å². The van der Waals surface area contributed by atoms with Crippen LogP contribution in [0.1, 0.15) is 10.5 Å². The van der Waals surface area contributed by atoms with Crippen LogP contribution in [-0.2, 0) is 10.2 Å². The Balaban J connectivity index is 1.98. The van der Waals surface area contributed by atoms with Crippen LogP contribution in [0.3, 0.4) is 0 Å². The third-order valence-corrected chi connectivity index (χ3v) is 3.60. The highest BCUT2D eigenvalue weighted by molar-refractivity contribution is 7.86. The molecule has 0 saturated carbocycles. The molecule has 0 aromatic carbocycles. The molecule has 0 radical (unpaired) electrons. The average molecular weight is 260 g/mol. The van der Waals surface area contributed by atoms with E-state index in [2.05, 4.69) is 15.4 Å². The Bertz CT molecular complexity index is 490. The summed E-state index contributed by atoms with van der Waals surface area (Å²) >= 11 is 0. The van der Waals surface area contributed by atoms with Gasteiger partial charge in [0.2, 0.25) is 0 Å². The molecule has 1 amide bonds. The smallest absolute Gasteiger partial charge is 0.277 e. The number of carbonyl (C=O) groups is 1. The van der Waals surface area contributed by atoms with Gasteiger partial charge in [-0.1, -0.05) is 0 Å². The summed E-state index contributed by atoms with van der Waals surface area (Å²) in [5.74, 6) is -0.271. The van der Waals surface area contributed by atoms with Gasteiger partial charge in [0, 0.05) is 26.2 Å². The molecule has 0 atom stereocenters. The van der Waals surface area contributed by atoms with E-state index in [-0.39, 0.29) is 24.7 Å². The summed E-state index contributed by atoms with van der Waals surface area (Å²) in [5, 5.41) is 14.6. The fraction of sp³-hybridized carbons (Fsp3) is 0.571. The highest BCUT2D eigenvalue weighted by Crippen LogP contribution is 2.07. The van der Waals surface area contributed by atoms with E-state index in [4.69, 9.17) is 5.14 Å². The highest BCUT2D eigenvalue weighted by atomic mass is 32.2. The van der Waals surface area contributed by atoms with Crippen molar-refractivity contribution in [1.29, 1.82) is 0 Å². The van der Waals surface area contributed by atoms with Gasteiger partial charge in [0.25, 0.3) is 16.1 Å². The molecule has 0 bridgehead atoms. The summed E-state index contributed by atoms with van der Waals surface area (Å²) in [5.41, 5.74) is 0.217. The number of hydrogen-bond donors (Lipinski definition) is 2. The standard InChI is InChI=1S/C7H12N6O3S/c8-17(15,16)13-3-1-12(2-4-13)7(14)6-5-9-11-10-6/h5H,1-4H2,(H2,8,15,16)(H,9,10,11). The first-order chi connectivity index (χ1) is 7.98. The van der Waals surface area contributed by atoms with Crippen molar-refractivity contribution < 1.29 is 13.2 Å². The molecule has 1 fully saturated rings. The molecule has 1 saturated heterocycles. The van der Waals surface area contributed by atoms with Crippen molar-refractivity contribution in [2.24, 2.45) is 5.14 Å². The monoisotopic (exact) mass is 260 g/mol. The predicted octanol–water partition coefficient (Wildman–Crippen LogP) is -2.23. The molecule has 2 rings (SSSR count). The summed E-state index contributed by atoms with van der Waals surface area (Å²) in [4.78, 5) is 13.3. The Morgan fingerprint density at radius 3 is 2.47 bits per heavy atom. The Morgan fingerprint density at radius 2 is 2.00 bits per heavy atom. The third kappa shape index (κ3) is 2.60. The number of carbonyl (C=O) groups excluding carboxylic acids is 1. The number of hydrogen-bond acceptors (Lipinski definition) is 5. The van der Waals surface area contributed by atoms with Crippen molar-refractivity contribution in [2.75, 3.05) is 26.2 Å². The molecule has 1 aliphatic heterocycles. The van der Waals surface area contributed by atoms with E-state index < -0.39 is 10.2 Å². The summed E-state index contributed by atoms with van der Waals surface area (Å²) in [6.45, 7) is 0.981. The molecule has 17 heavy (non-hydrogen) atoms. The van der Waals surface area contributed by atoms with Crippen molar-refractivity contribution >= 4 is 16.1 Å². The Labute approximate surface area is 97.8 Å². The first kappa shape index (κ1) is 12.0. The van der Waals surface area contributed by atoms with Gasteiger partial charge in [-0.05, 0) is 0 Å². The maximum Gasteiger partial charge on any atom is 0.277 e. The van der Waals surface area contributed by atoms with Gasteiger partial charge in [-0.2, -0.15) is 28.1 Å². The Kier molecular flexibility index (Phi) is 3.09. The van der Waals surface area contributed by atoms with Gasteiger partial charge in [0.15, 0.2) is 5.69 Å². The van der Waals surface area contributed by atoms with E-state index in [9.17, 15) is 13.2 Å². The molecule has 10 heteroatoms. The minimum atomic E-state index is -3.67. The molecule has 3 N–H and O–H groups in total. The molecule has 2 heterocycles. The molecule has 1 aliphatic rings. The minimum absolute atomic E-state index is 0.197. The maximum atomic E-state index is 11.8. The van der Waals surface area contributed by atoms with Crippen LogP contribution in [0.25, 0.3) is 0 Å². The second-order valence-corrected chi connectivity index (χ2v) is 5.14. The number of amides is 1. The molecular weight excluding hydrogens is 248 g/mol. The van der Waals surface area contributed by atoms with Gasteiger partial charge in [0.1, 0.15) is 0 Å². The number of H-pyrrole nitrogens is 1. The van der Waals surface area contributed by atoms with Gasteiger partial charge in [-0.3, -0.25) is 4.79 Å². The summed E-state index contributed by atoms with van der Waals surface area (Å²) in [6, 6.07) is 0. The Hall–Kier alpha value is -1.52. The fourth-order valence-electron chi connectivity index (χ4n) is 1.61. The summed E-state index contributed by atoms with van der Waals surface area (Å²) in [6.07, 6.45) is 1.33. The fourth-order valence-corrected chi connectivity index (χ4v) is 2.28. The Morgan fingerprint density at radius 1 is 1.35 bits per heavy atom. The van der Waals surface area contributed by atoms with E-state index in [0.717, 1.165) is 4.31 Å². The lowest BCUT2D eigenvalue weighted by Crippen LogP contribution is -2.52. The number of nitrogens with zero attached hydrogens (tertiary/aromatic N) is 4. The van der Waals surface area contributed by atoms with E-state index in [1.807, 2.05) is 0 Å².